The van der Waals surface area contributed by atoms with Crippen molar-refractivity contribution in [3.8, 4) is 0 Å². The van der Waals surface area contributed by atoms with E-state index in [1.165, 1.54) is 0 Å². The Bertz CT molecular complexity index is 205. The molecule has 0 aromatic carbocycles. The summed E-state index contributed by atoms with van der Waals surface area (Å²) >= 11 is 0. The van der Waals surface area contributed by atoms with Crippen molar-refractivity contribution in [2.75, 3.05) is 20.1 Å². The van der Waals surface area contributed by atoms with Crippen LogP contribution in [0.4, 0.5) is 0 Å². The first-order chi connectivity index (χ1) is 7.38. The fraction of sp³-hybridized carbons (Fsp3) is 0.917. The molecule has 4 nitrogen and oxygen atoms in total. The van der Waals surface area contributed by atoms with E-state index in [2.05, 4.69) is 13.8 Å². The number of nitrogens with zero attached hydrogens (tertiary/aromatic N) is 1. The van der Waals surface area contributed by atoms with Gasteiger partial charge in [-0.2, -0.15) is 0 Å². The maximum Gasteiger partial charge on any atom is 0.226 e. The van der Waals surface area contributed by atoms with Crippen molar-refractivity contribution in [2.24, 2.45) is 17.6 Å². The fourth-order valence-corrected chi connectivity index (χ4v) is 1.67. The van der Waals surface area contributed by atoms with Crippen molar-refractivity contribution in [3.05, 3.63) is 0 Å². The van der Waals surface area contributed by atoms with E-state index >= 15 is 0 Å². The number of rotatable bonds is 7. The largest absolute Gasteiger partial charge is 0.393 e. The smallest absolute Gasteiger partial charge is 0.226 e. The van der Waals surface area contributed by atoms with Gasteiger partial charge in [0.15, 0.2) is 0 Å². The van der Waals surface area contributed by atoms with Gasteiger partial charge in [0, 0.05) is 20.1 Å². The maximum absolute atomic E-state index is 12.0. The van der Waals surface area contributed by atoms with Crippen LogP contribution in [-0.2, 0) is 4.79 Å². The Morgan fingerprint density at radius 3 is 2.31 bits per heavy atom. The summed E-state index contributed by atoms with van der Waals surface area (Å²) in [6, 6.07) is 0. The average Bonchev–Trinajstić information content (AvgIpc) is 2.21. The van der Waals surface area contributed by atoms with Crippen LogP contribution in [0.5, 0.6) is 0 Å². The summed E-state index contributed by atoms with van der Waals surface area (Å²) in [7, 11) is 1.77. The highest BCUT2D eigenvalue weighted by Crippen LogP contribution is 2.13. The van der Waals surface area contributed by atoms with Gasteiger partial charge in [-0.1, -0.05) is 13.8 Å². The Morgan fingerprint density at radius 2 is 1.94 bits per heavy atom. The second-order valence-corrected chi connectivity index (χ2v) is 4.96. The Balaban J connectivity index is 4.16. The number of carbonyl (C=O) groups excluding carboxylic acids is 1. The van der Waals surface area contributed by atoms with Crippen LogP contribution >= 0.6 is 0 Å². The van der Waals surface area contributed by atoms with Gasteiger partial charge in [-0.15, -0.1) is 0 Å². The third-order valence-corrected chi connectivity index (χ3v) is 2.65. The van der Waals surface area contributed by atoms with Crippen LogP contribution in [0, 0.1) is 11.8 Å². The molecule has 4 heteroatoms. The molecule has 0 aromatic heterocycles. The summed E-state index contributed by atoms with van der Waals surface area (Å²) in [5, 5.41) is 9.16. The highest BCUT2D eigenvalue weighted by Gasteiger charge is 2.21. The quantitative estimate of drug-likeness (QED) is 0.681. The number of aliphatic hydroxyl groups excluding tert-OH is 1. The lowest BCUT2D eigenvalue weighted by Gasteiger charge is -2.24. The summed E-state index contributed by atoms with van der Waals surface area (Å²) in [6.45, 7) is 6.89. The molecule has 0 fully saturated rings. The third kappa shape index (κ3) is 6.08. The summed E-state index contributed by atoms with van der Waals surface area (Å²) in [6.07, 6.45) is 1.08. The third-order valence-electron chi connectivity index (χ3n) is 2.65. The van der Waals surface area contributed by atoms with Crippen molar-refractivity contribution < 1.29 is 9.90 Å². The van der Waals surface area contributed by atoms with Crippen molar-refractivity contribution in [1.29, 1.82) is 0 Å². The summed E-state index contributed by atoms with van der Waals surface area (Å²) in [4.78, 5) is 13.7. The summed E-state index contributed by atoms with van der Waals surface area (Å²) in [5.74, 6) is 0.485. The van der Waals surface area contributed by atoms with Gasteiger partial charge in [0.25, 0.3) is 0 Å². The molecule has 0 aliphatic heterocycles. The molecule has 0 rings (SSSR count). The number of amides is 1. The second-order valence-electron chi connectivity index (χ2n) is 4.96. The van der Waals surface area contributed by atoms with Crippen molar-refractivity contribution in [2.45, 2.75) is 39.7 Å². The second kappa shape index (κ2) is 7.63. The Kier molecular flexibility index (Phi) is 7.34. The van der Waals surface area contributed by atoms with Crippen molar-refractivity contribution in [3.63, 3.8) is 0 Å². The van der Waals surface area contributed by atoms with Crippen LogP contribution in [0.25, 0.3) is 0 Å². The van der Waals surface area contributed by atoms with Gasteiger partial charge < -0.3 is 15.7 Å². The van der Waals surface area contributed by atoms with Crippen LogP contribution < -0.4 is 5.73 Å². The molecular formula is C12H26N2O2. The molecule has 0 saturated carbocycles. The number of carbonyl (C=O) groups is 1. The first-order valence-corrected chi connectivity index (χ1v) is 6.01. The Hall–Kier alpha value is -0.610. The topological polar surface area (TPSA) is 66.6 Å². The SMILES string of the molecule is CC(C)CC(CN)C(=O)N(C)CCC(C)O. The molecule has 0 radical (unpaired) electrons. The van der Waals surface area contributed by atoms with E-state index in [0.717, 1.165) is 6.42 Å². The minimum atomic E-state index is -0.364. The highest BCUT2D eigenvalue weighted by atomic mass is 16.3. The molecule has 3 N–H and O–H groups in total. The molecule has 0 heterocycles. The average molecular weight is 230 g/mol. The minimum Gasteiger partial charge on any atom is -0.393 e. The predicted octanol–water partition coefficient (Wildman–Crippen LogP) is 0.837. The molecule has 0 saturated heterocycles. The molecule has 0 aliphatic carbocycles. The van der Waals surface area contributed by atoms with Gasteiger partial charge in [-0.3, -0.25) is 4.79 Å². The predicted molar refractivity (Wildman–Crippen MR) is 65.9 cm³/mol. The van der Waals surface area contributed by atoms with Gasteiger partial charge in [0.05, 0.1) is 12.0 Å². The van der Waals surface area contributed by atoms with Gasteiger partial charge in [-0.05, 0) is 25.7 Å². The van der Waals surface area contributed by atoms with Crippen LogP contribution in [-0.4, -0.2) is 42.2 Å². The van der Waals surface area contributed by atoms with Crippen molar-refractivity contribution in [1.82, 2.24) is 4.90 Å². The molecule has 96 valence electrons. The van der Waals surface area contributed by atoms with Crippen LogP contribution in [0.3, 0.4) is 0 Å². The maximum atomic E-state index is 12.0. The number of aliphatic hydroxyl groups is 1. The lowest BCUT2D eigenvalue weighted by Crippen LogP contribution is -2.38. The van der Waals surface area contributed by atoms with E-state index in [4.69, 9.17) is 10.8 Å². The molecule has 16 heavy (non-hydrogen) atoms. The Morgan fingerprint density at radius 1 is 1.38 bits per heavy atom. The molecular weight excluding hydrogens is 204 g/mol. The fourth-order valence-electron chi connectivity index (χ4n) is 1.67. The standard InChI is InChI=1S/C12H26N2O2/c1-9(2)7-11(8-13)12(16)14(4)6-5-10(3)15/h9-11,15H,5-8,13H2,1-4H3. The molecule has 2 unspecified atom stereocenters. The lowest BCUT2D eigenvalue weighted by atomic mass is 9.96. The molecule has 0 aliphatic rings. The first kappa shape index (κ1) is 15.4. The molecule has 0 spiro atoms. The Labute approximate surface area is 98.8 Å². The van der Waals surface area contributed by atoms with Gasteiger partial charge in [0.1, 0.15) is 0 Å². The van der Waals surface area contributed by atoms with E-state index in [0.29, 0.717) is 25.4 Å². The summed E-state index contributed by atoms with van der Waals surface area (Å²) in [5.41, 5.74) is 5.62. The zero-order chi connectivity index (χ0) is 12.7. The normalized spacial score (nSPS) is 14.9. The van der Waals surface area contributed by atoms with Gasteiger partial charge in [-0.25, -0.2) is 0 Å². The van der Waals surface area contributed by atoms with E-state index in [9.17, 15) is 4.79 Å². The first-order valence-electron chi connectivity index (χ1n) is 6.01. The molecule has 0 aromatic rings. The van der Waals surface area contributed by atoms with Crippen LogP contribution in [0.2, 0.25) is 0 Å². The zero-order valence-corrected chi connectivity index (χ0v) is 10.9. The minimum absolute atomic E-state index is 0.0843. The van der Waals surface area contributed by atoms with Crippen molar-refractivity contribution >= 4 is 5.91 Å². The molecule has 0 bridgehead atoms. The summed E-state index contributed by atoms with van der Waals surface area (Å²) < 4.78 is 0. The number of hydrogen-bond donors (Lipinski definition) is 2. The van der Waals surface area contributed by atoms with Crippen LogP contribution in [0.15, 0.2) is 0 Å². The number of hydrogen-bond acceptors (Lipinski definition) is 3. The van der Waals surface area contributed by atoms with Crippen LogP contribution in [0.1, 0.15) is 33.6 Å². The number of nitrogens with two attached hydrogens (primary N) is 1. The van der Waals surface area contributed by atoms with Gasteiger partial charge in [0.2, 0.25) is 5.91 Å². The van der Waals surface area contributed by atoms with Gasteiger partial charge >= 0.3 is 0 Å². The highest BCUT2D eigenvalue weighted by molar-refractivity contribution is 5.78. The van der Waals surface area contributed by atoms with E-state index in [-0.39, 0.29) is 17.9 Å². The molecule has 2 atom stereocenters. The zero-order valence-electron chi connectivity index (χ0n) is 10.9. The molecule has 1 amide bonds. The lowest BCUT2D eigenvalue weighted by molar-refractivity contribution is -0.134. The monoisotopic (exact) mass is 230 g/mol. The van der Waals surface area contributed by atoms with E-state index in [1.54, 1.807) is 18.9 Å². The van der Waals surface area contributed by atoms with E-state index < -0.39 is 0 Å². The van der Waals surface area contributed by atoms with E-state index in [1.807, 2.05) is 0 Å².